The SMILES string of the molecule is NC(c1ccc2c(c1)OCCCO2)c1cccc(Cl)c1Cl. The molecule has 2 N–H and O–H groups in total. The van der Waals surface area contributed by atoms with Gasteiger partial charge in [-0.25, -0.2) is 0 Å². The van der Waals surface area contributed by atoms with Gasteiger partial charge in [-0.2, -0.15) is 0 Å². The van der Waals surface area contributed by atoms with Crippen LogP contribution in [0.1, 0.15) is 23.6 Å². The van der Waals surface area contributed by atoms with Gasteiger partial charge in [0.05, 0.1) is 29.3 Å². The van der Waals surface area contributed by atoms with Crippen LogP contribution in [0.4, 0.5) is 0 Å². The lowest BCUT2D eigenvalue weighted by atomic mass is 9.99. The summed E-state index contributed by atoms with van der Waals surface area (Å²) in [5.74, 6) is 1.47. The van der Waals surface area contributed by atoms with E-state index in [9.17, 15) is 0 Å². The molecule has 3 nitrogen and oxygen atoms in total. The average Bonchev–Trinajstić information content (AvgIpc) is 2.74. The lowest BCUT2D eigenvalue weighted by Gasteiger charge is -2.17. The summed E-state index contributed by atoms with van der Waals surface area (Å²) in [5.41, 5.74) is 8.02. The van der Waals surface area contributed by atoms with E-state index in [1.165, 1.54) is 0 Å². The molecule has 0 saturated heterocycles. The molecule has 2 aromatic carbocycles. The highest BCUT2D eigenvalue weighted by Crippen LogP contribution is 2.36. The van der Waals surface area contributed by atoms with E-state index in [1.807, 2.05) is 30.3 Å². The molecule has 1 unspecified atom stereocenters. The van der Waals surface area contributed by atoms with E-state index in [0.717, 1.165) is 29.0 Å². The summed E-state index contributed by atoms with van der Waals surface area (Å²) in [6.45, 7) is 1.31. The second-order valence-corrected chi connectivity index (χ2v) is 5.66. The minimum Gasteiger partial charge on any atom is -0.490 e. The number of nitrogens with two attached hydrogens (primary N) is 1. The number of benzene rings is 2. The number of fused-ring (bicyclic) bond motifs is 1. The molecule has 1 heterocycles. The third-order valence-electron chi connectivity index (χ3n) is 3.45. The van der Waals surface area contributed by atoms with Gasteiger partial charge >= 0.3 is 0 Å². The van der Waals surface area contributed by atoms with Crippen molar-refractivity contribution < 1.29 is 9.47 Å². The van der Waals surface area contributed by atoms with Crippen LogP contribution in [-0.2, 0) is 0 Å². The van der Waals surface area contributed by atoms with Gasteiger partial charge in [0.15, 0.2) is 11.5 Å². The fourth-order valence-corrected chi connectivity index (χ4v) is 2.74. The largest absolute Gasteiger partial charge is 0.490 e. The molecule has 1 aliphatic rings. The van der Waals surface area contributed by atoms with Gasteiger partial charge in [-0.1, -0.05) is 41.4 Å². The van der Waals surface area contributed by atoms with Crippen LogP contribution in [0.3, 0.4) is 0 Å². The summed E-state index contributed by atoms with van der Waals surface area (Å²) in [4.78, 5) is 0. The van der Waals surface area contributed by atoms with E-state index in [4.69, 9.17) is 38.4 Å². The summed E-state index contributed by atoms with van der Waals surface area (Å²) in [5, 5.41) is 0.984. The first kappa shape index (κ1) is 14.5. The summed E-state index contributed by atoms with van der Waals surface area (Å²) in [6.07, 6.45) is 0.871. The summed E-state index contributed by atoms with van der Waals surface area (Å²) in [6, 6.07) is 10.8. The van der Waals surface area contributed by atoms with Crippen molar-refractivity contribution in [3.05, 3.63) is 57.6 Å². The molecule has 0 bridgehead atoms. The molecule has 0 fully saturated rings. The number of rotatable bonds is 2. The first-order valence-corrected chi connectivity index (χ1v) is 7.51. The topological polar surface area (TPSA) is 44.5 Å². The van der Waals surface area contributed by atoms with Crippen molar-refractivity contribution in [2.24, 2.45) is 5.73 Å². The van der Waals surface area contributed by atoms with E-state index >= 15 is 0 Å². The van der Waals surface area contributed by atoms with Crippen molar-refractivity contribution in [3.8, 4) is 11.5 Å². The molecule has 5 heteroatoms. The molecule has 0 amide bonds. The lowest BCUT2D eigenvalue weighted by Crippen LogP contribution is -2.12. The van der Waals surface area contributed by atoms with E-state index in [1.54, 1.807) is 6.07 Å². The third-order valence-corrected chi connectivity index (χ3v) is 4.28. The van der Waals surface area contributed by atoms with Crippen LogP contribution in [0.25, 0.3) is 0 Å². The van der Waals surface area contributed by atoms with Crippen LogP contribution in [-0.4, -0.2) is 13.2 Å². The molecule has 1 aliphatic heterocycles. The standard InChI is InChI=1S/C16H15Cl2NO2/c17-12-4-1-3-11(15(12)18)16(19)10-5-6-13-14(9-10)21-8-2-7-20-13/h1,3-6,9,16H,2,7-8,19H2. The second kappa shape index (κ2) is 6.14. The maximum Gasteiger partial charge on any atom is 0.161 e. The Morgan fingerprint density at radius 2 is 1.76 bits per heavy atom. The maximum atomic E-state index is 6.32. The highest BCUT2D eigenvalue weighted by atomic mass is 35.5. The first-order valence-electron chi connectivity index (χ1n) is 6.76. The van der Waals surface area contributed by atoms with Gasteiger partial charge in [-0.15, -0.1) is 0 Å². The Bertz CT molecular complexity index is 661. The van der Waals surface area contributed by atoms with E-state index in [2.05, 4.69) is 0 Å². The number of hydrogen-bond donors (Lipinski definition) is 1. The highest BCUT2D eigenvalue weighted by molar-refractivity contribution is 6.42. The van der Waals surface area contributed by atoms with Gasteiger partial charge in [0, 0.05) is 6.42 Å². The Kier molecular flexibility index (Phi) is 4.24. The molecule has 110 valence electrons. The van der Waals surface area contributed by atoms with Gasteiger partial charge in [-0.3, -0.25) is 0 Å². The average molecular weight is 324 g/mol. The van der Waals surface area contributed by atoms with Gasteiger partial charge in [0.1, 0.15) is 0 Å². The van der Waals surface area contributed by atoms with Gasteiger partial charge in [0.2, 0.25) is 0 Å². The lowest BCUT2D eigenvalue weighted by molar-refractivity contribution is 0.297. The Labute approximate surface area is 133 Å². The third kappa shape index (κ3) is 2.95. The summed E-state index contributed by atoms with van der Waals surface area (Å²) >= 11 is 12.3. The molecule has 0 aliphatic carbocycles. The minimum atomic E-state index is -0.367. The Balaban J connectivity index is 1.96. The van der Waals surface area contributed by atoms with E-state index in [0.29, 0.717) is 23.3 Å². The zero-order valence-electron chi connectivity index (χ0n) is 11.3. The highest BCUT2D eigenvalue weighted by Gasteiger charge is 2.17. The second-order valence-electron chi connectivity index (χ2n) is 4.88. The van der Waals surface area contributed by atoms with E-state index < -0.39 is 0 Å². The Morgan fingerprint density at radius 3 is 2.57 bits per heavy atom. The molecule has 0 aromatic heterocycles. The predicted octanol–water partition coefficient (Wildman–Crippen LogP) is 4.20. The molecule has 3 rings (SSSR count). The van der Waals surface area contributed by atoms with Crippen molar-refractivity contribution in [3.63, 3.8) is 0 Å². The summed E-state index contributed by atoms with van der Waals surface area (Å²) in [7, 11) is 0. The zero-order chi connectivity index (χ0) is 14.8. The molecular weight excluding hydrogens is 309 g/mol. The maximum absolute atomic E-state index is 6.32. The summed E-state index contributed by atoms with van der Waals surface area (Å²) < 4.78 is 11.3. The molecule has 21 heavy (non-hydrogen) atoms. The monoisotopic (exact) mass is 323 g/mol. The zero-order valence-corrected chi connectivity index (χ0v) is 12.8. The normalized spacial score (nSPS) is 15.4. The van der Waals surface area contributed by atoms with Crippen LogP contribution in [0, 0.1) is 0 Å². The molecule has 2 aromatic rings. The number of halogens is 2. The first-order chi connectivity index (χ1) is 10.2. The van der Waals surface area contributed by atoms with Gasteiger partial charge in [-0.05, 0) is 29.3 Å². The van der Waals surface area contributed by atoms with Crippen LogP contribution >= 0.6 is 23.2 Å². The quantitative estimate of drug-likeness (QED) is 0.900. The molecule has 0 saturated carbocycles. The number of ether oxygens (including phenoxy) is 2. The number of hydrogen-bond acceptors (Lipinski definition) is 3. The van der Waals surface area contributed by atoms with Crippen LogP contribution < -0.4 is 15.2 Å². The van der Waals surface area contributed by atoms with Crippen molar-refractivity contribution in [2.75, 3.05) is 13.2 Å². The van der Waals surface area contributed by atoms with Crippen LogP contribution in [0.5, 0.6) is 11.5 Å². The Morgan fingerprint density at radius 1 is 1.00 bits per heavy atom. The minimum absolute atomic E-state index is 0.367. The van der Waals surface area contributed by atoms with Crippen molar-refractivity contribution >= 4 is 23.2 Å². The van der Waals surface area contributed by atoms with Crippen molar-refractivity contribution in [2.45, 2.75) is 12.5 Å². The molecule has 1 atom stereocenters. The fourth-order valence-electron chi connectivity index (χ4n) is 2.31. The smallest absolute Gasteiger partial charge is 0.161 e. The van der Waals surface area contributed by atoms with Gasteiger partial charge < -0.3 is 15.2 Å². The molecular formula is C16H15Cl2NO2. The van der Waals surface area contributed by atoms with E-state index in [-0.39, 0.29) is 6.04 Å². The van der Waals surface area contributed by atoms with Crippen molar-refractivity contribution in [1.29, 1.82) is 0 Å². The fraction of sp³-hybridized carbons (Fsp3) is 0.250. The van der Waals surface area contributed by atoms with Gasteiger partial charge in [0.25, 0.3) is 0 Å². The molecule has 0 radical (unpaired) electrons. The Hall–Kier alpha value is -1.42. The van der Waals surface area contributed by atoms with Crippen molar-refractivity contribution in [1.82, 2.24) is 0 Å². The predicted molar refractivity (Wildman–Crippen MR) is 84.5 cm³/mol. The molecule has 0 spiro atoms. The van der Waals surface area contributed by atoms with Crippen LogP contribution in [0.2, 0.25) is 10.0 Å². The van der Waals surface area contributed by atoms with Crippen LogP contribution in [0.15, 0.2) is 36.4 Å².